The van der Waals surface area contributed by atoms with Crippen molar-refractivity contribution in [2.24, 2.45) is 5.92 Å². The van der Waals surface area contributed by atoms with Gasteiger partial charge in [0.25, 0.3) is 0 Å². The molecule has 0 unspecified atom stereocenters. The van der Waals surface area contributed by atoms with Gasteiger partial charge in [-0.25, -0.2) is 14.4 Å². The number of benzene rings is 1. The van der Waals surface area contributed by atoms with Crippen molar-refractivity contribution in [3.63, 3.8) is 0 Å². The molecule has 1 aromatic carbocycles. The molecule has 1 aliphatic carbocycles. The van der Waals surface area contributed by atoms with Gasteiger partial charge >= 0.3 is 0 Å². The molecule has 2 heterocycles. The Hall–Kier alpha value is -3.23. The lowest BCUT2D eigenvalue weighted by Crippen LogP contribution is -2.38. The number of halogens is 2. The Labute approximate surface area is 222 Å². The summed E-state index contributed by atoms with van der Waals surface area (Å²) in [4.78, 5) is 23.0. The van der Waals surface area contributed by atoms with Crippen LogP contribution in [0.4, 0.5) is 16.0 Å². The molecule has 196 valence electrons. The van der Waals surface area contributed by atoms with Gasteiger partial charge in [0, 0.05) is 30.9 Å². The molecule has 1 aliphatic rings. The van der Waals surface area contributed by atoms with E-state index in [0.29, 0.717) is 35.9 Å². The summed E-state index contributed by atoms with van der Waals surface area (Å²) in [5.41, 5.74) is 2.37. The van der Waals surface area contributed by atoms with E-state index in [4.69, 9.17) is 16.6 Å². The number of hydrogen-bond acceptors (Lipinski definition) is 6. The normalized spacial score (nSPS) is 17.4. The quantitative estimate of drug-likeness (QED) is 0.338. The molecule has 0 bridgehead atoms. The van der Waals surface area contributed by atoms with Gasteiger partial charge in [-0.05, 0) is 81.6 Å². The summed E-state index contributed by atoms with van der Waals surface area (Å²) in [7, 11) is 3.79. The zero-order valence-electron chi connectivity index (χ0n) is 21.3. The molecule has 1 fully saturated rings. The minimum atomic E-state index is -0.259. The van der Waals surface area contributed by atoms with Crippen LogP contribution in [0.15, 0.2) is 54.7 Å². The number of hydrogen-bond donors (Lipinski definition) is 3. The predicted octanol–water partition coefficient (Wildman–Crippen LogP) is 5.20. The Balaban J connectivity index is 1.33. The van der Waals surface area contributed by atoms with E-state index in [-0.39, 0.29) is 11.7 Å². The van der Waals surface area contributed by atoms with Crippen molar-refractivity contribution in [3.8, 4) is 11.3 Å². The first-order valence-corrected chi connectivity index (χ1v) is 13.0. The summed E-state index contributed by atoms with van der Waals surface area (Å²) >= 11 is 6.50. The molecule has 7 nitrogen and oxygen atoms in total. The van der Waals surface area contributed by atoms with Crippen LogP contribution in [0.2, 0.25) is 5.02 Å². The van der Waals surface area contributed by atoms with E-state index in [9.17, 15) is 9.18 Å². The van der Waals surface area contributed by atoms with Gasteiger partial charge in [-0.3, -0.25) is 4.79 Å². The molecule has 3 aromatic rings. The maximum Gasteiger partial charge on any atom is 0.234 e. The largest absolute Gasteiger partial charge is 0.367 e. The van der Waals surface area contributed by atoms with Crippen LogP contribution in [0.25, 0.3) is 11.3 Å². The minimum Gasteiger partial charge on any atom is -0.367 e. The van der Waals surface area contributed by atoms with Gasteiger partial charge in [0.1, 0.15) is 17.5 Å². The second-order valence-corrected chi connectivity index (χ2v) is 10.3. The van der Waals surface area contributed by atoms with E-state index in [1.165, 1.54) is 12.1 Å². The van der Waals surface area contributed by atoms with Crippen LogP contribution in [0.1, 0.15) is 31.2 Å². The van der Waals surface area contributed by atoms with Gasteiger partial charge in [0.15, 0.2) is 0 Å². The van der Waals surface area contributed by atoms with Crippen molar-refractivity contribution in [1.29, 1.82) is 0 Å². The molecule has 0 aliphatic heterocycles. The smallest absolute Gasteiger partial charge is 0.234 e. The number of pyridine rings is 2. The predicted molar refractivity (Wildman–Crippen MR) is 147 cm³/mol. The second-order valence-electron chi connectivity index (χ2n) is 9.84. The standard InChI is InChI=1S/C28H34ClFN6O/c1-36(2)18-28(37)33-15-19-9-11-22(12-10-19)34-27-14-23(24(29)17-32-27)25-7-4-8-26(35-25)31-16-20-5-3-6-21(30)13-20/h3-8,13-14,17,19,22H,9-12,15-16,18H2,1-2H3,(H,31,35)(H,32,34)(H,33,37)/t19-,22-. The van der Waals surface area contributed by atoms with Gasteiger partial charge < -0.3 is 20.9 Å². The van der Waals surface area contributed by atoms with Crippen LogP contribution >= 0.6 is 11.6 Å². The van der Waals surface area contributed by atoms with Crippen LogP contribution in [0.5, 0.6) is 0 Å². The van der Waals surface area contributed by atoms with Crippen molar-refractivity contribution in [3.05, 3.63) is 71.1 Å². The summed E-state index contributed by atoms with van der Waals surface area (Å²) in [5.74, 6) is 1.77. The molecule has 1 saturated carbocycles. The number of amides is 1. The highest BCUT2D eigenvalue weighted by molar-refractivity contribution is 6.33. The van der Waals surface area contributed by atoms with Gasteiger partial charge in [-0.1, -0.05) is 29.8 Å². The summed E-state index contributed by atoms with van der Waals surface area (Å²) < 4.78 is 13.5. The van der Waals surface area contributed by atoms with Gasteiger partial charge in [-0.15, -0.1) is 0 Å². The summed E-state index contributed by atoms with van der Waals surface area (Å²) in [6, 6.07) is 14.5. The van der Waals surface area contributed by atoms with E-state index in [0.717, 1.165) is 54.9 Å². The number of carbonyl (C=O) groups excluding carboxylic acids is 1. The third-order valence-electron chi connectivity index (χ3n) is 6.49. The Morgan fingerprint density at radius 3 is 2.62 bits per heavy atom. The zero-order chi connectivity index (χ0) is 26.2. The molecule has 0 radical (unpaired) electrons. The van der Waals surface area contributed by atoms with Crippen LogP contribution in [-0.4, -0.2) is 54.0 Å². The lowest BCUT2D eigenvalue weighted by atomic mass is 9.86. The van der Waals surface area contributed by atoms with Crippen LogP contribution in [0, 0.1) is 11.7 Å². The number of nitrogens with one attached hydrogen (secondary N) is 3. The number of nitrogens with zero attached hydrogens (tertiary/aromatic N) is 3. The molecule has 0 saturated heterocycles. The maximum absolute atomic E-state index is 13.5. The van der Waals surface area contributed by atoms with Gasteiger partial charge in [0.2, 0.25) is 5.91 Å². The molecule has 2 aromatic heterocycles. The molecular formula is C28H34ClFN6O. The van der Waals surface area contributed by atoms with Crippen LogP contribution in [0.3, 0.4) is 0 Å². The summed E-state index contributed by atoms with van der Waals surface area (Å²) in [5, 5.41) is 10.4. The van der Waals surface area contributed by atoms with Gasteiger partial charge in [-0.2, -0.15) is 0 Å². The molecule has 37 heavy (non-hydrogen) atoms. The van der Waals surface area contributed by atoms with Crippen molar-refractivity contribution in [1.82, 2.24) is 20.2 Å². The Bertz CT molecular complexity index is 1200. The molecule has 3 N–H and O–H groups in total. The number of aromatic nitrogens is 2. The van der Waals surface area contributed by atoms with Crippen molar-refractivity contribution in [2.45, 2.75) is 38.3 Å². The average molecular weight is 525 g/mol. The average Bonchev–Trinajstić information content (AvgIpc) is 2.88. The topological polar surface area (TPSA) is 82.2 Å². The van der Waals surface area contributed by atoms with E-state index in [1.807, 2.05) is 49.3 Å². The fourth-order valence-corrected chi connectivity index (χ4v) is 4.76. The highest BCUT2D eigenvalue weighted by Crippen LogP contribution is 2.31. The lowest BCUT2D eigenvalue weighted by Gasteiger charge is -2.29. The van der Waals surface area contributed by atoms with E-state index >= 15 is 0 Å². The summed E-state index contributed by atoms with van der Waals surface area (Å²) in [6.07, 6.45) is 5.80. The number of rotatable bonds is 10. The molecule has 9 heteroatoms. The Morgan fingerprint density at radius 1 is 1.08 bits per heavy atom. The van der Waals surface area contributed by atoms with Crippen molar-refractivity contribution in [2.75, 3.05) is 37.8 Å². The third kappa shape index (κ3) is 8.13. The minimum absolute atomic E-state index is 0.0741. The van der Waals surface area contributed by atoms with Crippen molar-refractivity contribution >= 4 is 29.1 Å². The Kier molecular flexibility index (Phi) is 9.30. The first-order valence-electron chi connectivity index (χ1n) is 12.6. The number of carbonyl (C=O) groups is 1. The molecule has 4 rings (SSSR count). The lowest BCUT2D eigenvalue weighted by molar-refractivity contribution is -0.121. The monoisotopic (exact) mass is 524 g/mol. The molecular weight excluding hydrogens is 491 g/mol. The summed E-state index contributed by atoms with van der Waals surface area (Å²) in [6.45, 7) is 1.62. The highest BCUT2D eigenvalue weighted by atomic mass is 35.5. The SMILES string of the molecule is CN(C)CC(=O)NC[C@H]1CC[C@H](Nc2cc(-c3cccc(NCc4cccc(F)c4)n3)c(Cl)cn2)CC1. The third-order valence-corrected chi connectivity index (χ3v) is 6.79. The highest BCUT2D eigenvalue weighted by Gasteiger charge is 2.22. The maximum atomic E-state index is 13.5. The fraction of sp³-hybridized carbons (Fsp3) is 0.393. The second kappa shape index (κ2) is 12.8. The number of likely N-dealkylation sites (N-methyl/N-ethyl adjacent to an activating group) is 1. The number of anilines is 2. The first-order chi connectivity index (χ1) is 17.9. The van der Waals surface area contributed by atoms with Gasteiger partial charge in [0.05, 0.1) is 17.3 Å². The zero-order valence-corrected chi connectivity index (χ0v) is 22.1. The molecule has 1 amide bonds. The molecule has 0 atom stereocenters. The van der Waals surface area contributed by atoms with Crippen LogP contribution < -0.4 is 16.0 Å². The van der Waals surface area contributed by atoms with E-state index < -0.39 is 0 Å². The Morgan fingerprint density at radius 2 is 1.86 bits per heavy atom. The fourth-order valence-electron chi connectivity index (χ4n) is 4.56. The van der Waals surface area contributed by atoms with Crippen LogP contribution in [-0.2, 0) is 11.3 Å². The van der Waals surface area contributed by atoms with E-state index in [1.54, 1.807) is 12.3 Å². The molecule has 0 spiro atoms. The van der Waals surface area contributed by atoms with E-state index in [2.05, 4.69) is 20.9 Å². The van der Waals surface area contributed by atoms with Crippen molar-refractivity contribution < 1.29 is 9.18 Å². The first kappa shape index (κ1) is 26.8.